The average Bonchev–Trinajstić information content (AvgIpc) is 3.72. The number of fused-ring (bicyclic) bond motifs is 1. The van der Waals surface area contributed by atoms with Crippen molar-refractivity contribution < 1.29 is 14.3 Å². The Kier molecular flexibility index (Phi) is 9.05. The van der Waals surface area contributed by atoms with Crippen molar-refractivity contribution in [3.8, 4) is 28.7 Å². The molecule has 9 nitrogen and oxygen atoms in total. The van der Waals surface area contributed by atoms with Gasteiger partial charge in [-0.1, -0.05) is 48.9 Å². The predicted molar refractivity (Wildman–Crippen MR) is 175 cm³/mol. The molecule has 9 heteroatoms. The number of benzene rings is 2. The first-order valence-corrected chi connectivity index (χ1v) is 15.0. The van der Waals surface area contributed by atoms with E-state index in [1.54, 1.807) is 42.4 Å². The maximum absolute atomic E-state index is 13.9. The van der Waals surface area contributed by atoms with Gasteiger partial charge in [0.2, 0.25) is 0 Å². The van der Waals surface area contributed by atoms with Gasteiger partial charge < -0.3 is 24.5 Å². The summed E-state index contributed by atoms with van der Waals surface area (Å²) in [7, 11) is 1.65. The number of para-hydroxylation sites is 1. The number of hydrogen-bond acceptors (Lipinski definition) is 5. The minimum Gasteiger partial charge on any atom is -0.456 e. The van der Waals surface area contributed by atoms with Crippen LogP contribution in [-0.4, -0.2) is 45.9 Å². The van der Waals surface area contributed by atoms with Crippen LogP contribution in [0.2, 0.25) is 0 Å². The smallest absolute Gasteiger partial charge is 0.274 e. The van der Waals surface area contributed by atoms with Crippen molar-refractivity contribution in [2.75, 3.05) is 19.6 Å². The van der Waals surface area contributed by atoms with Gasteiger partial charge in [0.1, 0.15) is 29.3 Å². The second-order valence-electron chi connectivity index (χ2n) is 11.4. The number of amides is 2. The van der Waals surface area contributed by atoms with Crippen LogP contribution in [-0.2, 0) is 7.05 Å². The number of aromatic amines is 1. The maximum atomic E-state index is 13.9. The molecule has 0 aliphatic heterocycles. The Labute approximate surface area is 262 Å². The van der Waals surface area contributed by atoms with Gasteiger partial charge in [0.25, 0.3) is 17.4 Å². The van der Waals surface area contributed by atoms with Gasteiger partial charge in [0, 0.05) is 48.4 Å². The Morgan fingerprint density at radius 3 is 2.58 bits per heavy atom. The van der Waals surface area contributed by atoms with E-state index < -0.39 is 0 Å². The second kappa shape index (κ2) is 13.1. The van der Waals surface area contributed by atoms with Gasteiger partial charge in [-0.3, -0.25) is 14.4 Å². The summed E-state index contributed by atoms with van der Waals surface area (Å²) in [5, 5.41) is 12.9. The van der Waals surface area contributed by atoms with E-state index in [1.165, 1.54) is 10.1 Å². The minimum atomic E-state index is -0.314. The fourth-order valence-electron chi connectivity index (χ4n) is 5.72. The standard InChI is InChI=1S/C36H37N5O4/c1-6-38-34(42)30-19-28-29(21-40(5)36(44)32(28)39-30)27-15-14-26(18-31(27)45-33-22(2)10-9-11-23(33)3)35(43)41(17-16-37)20-24(4)25-12-7-8-13-25/h7-12,14-15,18-19,21,24,39H,6,13,17,20H2,1-5H3,(H,38,42). The Morgan fingerprint density at radius 1 is 1.16 bits per heavy atom. The molecule has 0 spiro atoms. The SMILES string of the molecule is CCNC(=O)c1cc2c(-c3ccc(C(=O)N(CC#N)CC(C)C4=CC=CC4)cc3Oc3c(C)cccc3C)cn(C)c(=O)c2[nH]1. The summed E-state index contributed by atoms with van der Waals surface area (Å²) in [5.41, 5.74) is 5.01. The zero-order chi connectivity index (χ0) is 32.2. The summed E-state index contributed by atoms with van der Waals surface area (Å²) >= 11 is 0. The van der Waals surface area contributed by atoms with Crippen molar-refractivity contribution in [1.29, 1.82) is 5.26 Å². The molecule has 2 aromatic carbocycles. The van der Waals surface area contributed by atoms with Gasteiger partial charge in [-0.05, 0) is 68.5 Å². The highest BCUT2D eigenvalue weighted by atomic mass is 16.5. The van der Waals surface area contributed by atoms with Crippen LogP contribution in [0, 0.1) is 31.1 Å². The van der Waals surface area contributed by atoms with E-state index in [0.29, 0.717) is 52.2 Å². The number of nitrogens with zero attached hydrogens (tertiary/aromatic N) is 3. The maximum Gasteiger partial charge on any atom is 0.274 e. The molecule has 5 rings (SSSR count). The largest absolute Gasteiger partial charge is 0.456 e. The van der Waals surface area contributed by atoms with Crippen molar-refractivity contribution in [2.24, 2.45) is 13.0 Å². The first kappa shape index (κ1) is 31.1. The van der Waals surface area contributed by atoms with E-state index in [1.807, 2.05) is 45.0 Å². The molecule has 2 heterocycles. The Bertz CT molecular complexity index is 1940. The molecule has 45 heavy (non-hydrogen) atoms. The summed E-state index contributed by atoms with van der Waals surface area (Å²) < 4.78 is 8.06. The topological polar surface area (TPSA) is 120 Å². The first-order chi connectivity index (χ1) is 21.6. The third-order valence-corrected chi connectivity index (χ3v) is 8.16. The molecule has 1 atom stereocenters. The van der Waals surface area contributed by atoms with E-state index in [0.717, 1.165) is 17.5 Å². The molecule has 2 amide bonds. The lowest BCUT2D eigenvalue weighted by atomic mass is 9.98. The Hall–Kier alpha value is -5.36. The van der Waals surface area contributed by atoms with Crippen molar-refractivity contribution in [1.82, 2.24) is 19.8 Å². The fourth-order valence-corrected chi connectivity index (χ4v) is 5.72. The number of ether oxygens (including phenoxy) is 1. The average molecular weight is 604 g/mol. The number of allylic oxidation sites excluding steroid dienone is 3. The van der Waals surface area contributed by atoms with Crippen LogP contribution in [0.3, 0.4) is 0 Å². The number of carbonyl (C=O) groups excluding carboxylic acids is 2. The van der Waals surface area contributed by atoms with E-state index >= 15 is 0 Å². The number of rotatable bonds is 10. The summed E-state index contributed by atoms with van der Waals surface area (Å²) in [4.78, 5) is 44.3. The molecule has 4 aromatic rings. The molecule has 0 radical (unpaired) electrons. The molecule has 2 aromatic heterocycles. The molecule has 1 aliphatic carbocycles. The van der Waals surface area contributed by atoms with Crippen LogP contribution in [0.4, 0.5) is 0 Å². The molecule has 230 valence electrons. The van der Waals surface area contributed by atoms with Crippen LogP contribution in [0.25, 0.3) is 22.0 Å². The van der Waals surface area contributed by atoms with Gasteiger partial charge in [0.05, 0.1) is 6.07 Å². The van der Waals surface area contributed by atoms with Crippen molar-refractivity contribution in [3.05, 3.63) is 105 Å². The molecule has 0 saturated heterocycles. The Morgan fingerprint density at radius 2 is 1.91 bits per heavy atom. The molecule has 0 saturated carbocycles. The molecule has 2 N–H and O–H groups in total. The quantitative estimate of drug-likeness (QED) is 0.210. The number of aromatic nitrogens is 2. The van der Waals surface area contributed by atoms with Crippen LogP contribution in [0.5, 0.6) is 11.5 Å². The summed E-state index contributed by atoms with van der Waals surface area (Å²) in [6, 6.07) is 14.9. The number of pyridine rings is 1. The first-order valence-electron chi connectivity index (χ1n) is 15.0. The van der Waals surface area contributed by atoms with Crippen LogP contribution in [0.15, 0.2) is 77.3 Å². The number of nitriles is 1. The minimum absolute atomic E-state index is 0.0495. The lowest BCUT2D eigenvalue weighted by molar-refractivity contribution is 0.0761. The van der Waals surface area contributed by atoms with Crippen LogP contribution >= 0.6 is 0 Å². The third kappa shape index (κ3) is 6.31. The van der Waals surface area contributed by atoms with Crippen molar-refractivity contribution >= 4 is 22.7 Å². The number of carbonyl (C=O) groups is 2. The van der Waals surface area contributed by atoms with E-state index in [4.69, 9.17) is 4.74 Å². The van der Waals surface area contributed by atoms with Crippen molar-refractivity contribution in [3.63, 3.8) is 0 Å². The predicted octanol–water partition coefficient (Wildman–Crippen LogP) is 6.18. The van der Waals surface area contributed by atoms with Gasteiger partial charge in [-0.25, -0.2) is 0 Å². The monoisotopic (exact) mass is 603 g/mol. The third-order valence-electron chi connectivity index (χ3n) is 8.16. The molecule has 1 unspecified atom stereocenters. The van der Waals surface area contributed by atoms with Gasteiger partial charge in [0.15, 0.2) is 0 Å². The molecular weight excluding hydrogens is 566 g/mol. The second-order valence-corrected chi connectivity index (χ2v) is 11.4. The molecule has 1 aliphatic rings. The van der Waals surface area contributed by atoms with Crippen LogP contribution < -0.4 is 15.6 Å². The molecule has 0 fully saturated rings. The van der Waals surface area contributed by atoms with Gasteiger partial charge >= 0.3 is 0 Å². The van der Waals surface area contributed by atoms with Gasteiger partial charge in [-0.2, -0.15) is 5.26 Å². The highest BCUT2D eigenvalue weighted by Gasteiger charge is 2.24. The van der Waals surface area contributed by atoms with E-state index in [2.05, 4.69) is 35.4 Å². The fraction of sp³-hybridized carbons (Fsp3) is 0.278. The summed E-state index contributed by atoms with van der Waals surface area (Å²) in [5.74, 6) is 0.564. The summed E-state index contributed by atoms with van der Waals surface area (Å²) in [6.45, 7) is 8.59. The highest BCUT2D eigenvalue weighted by molar-refractivity contribution is 6.04. The van der Waals surface area contributed by atoms with Gasteiger partial charge in [-0.15, -0.1) is 0 Å². The number of H-pyrrole nitrogens is 1. The van der Waals surface area contributed by atoms with E-state index in [-0.39, 0.29) is 35.5 Å². The lowest BCUT2D eigenvalue weighted by Gasteiger charge is -2.25. The zero-order valence-electron chi connectivity index (χ0n) is 26.2. The zero-order valence-corrected chi connectivity index (χ0v) is 26.2. The number of aryl methyl sites for hydroxylation is 3. The highest BCUT2D eigenvalue weighted by Crippen LogP contribution is 2.39. The van der Waals surface area contributed by atoms with E-state index in [9.17, 15) is 19.6 Å². The molecular formula is C36H37N5O4. The lowest BCUT2D eigenvalue weighted by Crippen LogP contribution is -2.35. The number of hydrogen-bond donors (Lipinski definition) is 2. The van der Waals surface area contributed by atoms with Crippen molar-refractivity contribution in [2.45, 2.75) is 34.1 Å². The van der Waals surface area contributed by atoms with Crippen LogP contribution in [0.1, 0.15) is 52.2 Å². The molecule has 0 bridgehead atoms. The number of nitrogens with one attached hydrogen (secondary N) is 2. The summed E-state index contributed by atoms with van der Waals surface area (Å²) in [6.07, 6.45) is 8.71. The normalized spacial score (nSPS) is 12.9. The Balaban J connectivity index is 1.64.